The van der Waals surface area contributed by atoms with Gasteiger partial charge in [0.15, 0.2) is 0 Å². The number of hydrogen-bond donors (Lipinski definition) is 0. The van der Waals surface area contributed by atoms with Gasteiger partial charge in [-0.1, -0.05) is 0 Å². The van der Waals surface area contributed by atoms with E-state index in [4.69, 9.17) is 0 Å². The Morgan fingerprint density at radius 2 is 1.84 bits per heavy atom. The smallest absolute Gasteiger partial charge is 0.416 e. The Bertz CT molecular complexity index is 956. The molecular formula is C19H21F5N6O. The second-order valence-corrected chi connectivity index (χ2v) is 7.83. The third kappa shape index (κ3) is 4.39. The van der Waals surface area contributed by atoms with Crippen molar-refractivity contribution in [2.75, 3.05) is 31.6 Å². The molecule has 0 unspecified atom stereocenters. The number of piperidine rings is 1. The average Bonchev–Trinajstić information content (AvgIpc) is 3.10. The van der Waals surface area contributed by atoms with Crippen LogP contribution < -0.4 is 9.64 Å². The highest BCUT2D eigenvalue weighted by atomic mass is 19.4. The van der Waals surface area contributed by atoms with Gasteiger partial charge in [0.1, 0.15) is 11.4 Å². The lowest BCUT2D eigenvalue weighted by atomic mass is 9.92. The Hall–Kier alpha value is -2.63. The summed E-state index contributed by atoms with van der Waals surface area (Å²) in [5.41, 5.74) is -1.10. The number of hydrogen-bond acceptors (Lipinski definition) is 7. The number of anilines is 1. The number of likely N-dealkylation sites (tertiary alicyclic amines) is 1. The van der Waals surface area contributed by atoms with Crippen molar-refractivity contribution in [1.29, 1.82) is 0 Å². The SMILES string of the molecule is Cc1nc(N2CC[C@@H]3CCN(C)C[C@@H]32)nnc1-c1ccc(C(F)(F)F)nc1OC(F)F. The number of nitrogens with zero attached hydrogens (tertiary/aromatic N) is 6. The van der Waals surface area contributed by atoms with Crippen LogP contribution in [0.2, 0.25) is 0 Å². The summed E-state index contributed by atoms with van der Waals surface area (Å²) in [5.74, 6) is 0.0945. The van der Waals surface area contributed by atoms with E-state index in [-0.39, 0.29) is 17.3 Å². The van der Waals surface area contributed by atoms with Gasteiger partial charge >= 0.3 is 12.8 Å². The Morgan fingerprint density at radius 3 is 2.52 bits per heavy atom. The molecule has 2 aromatic heterocycles. The van der Waals surface area contributed by atoms with E-state index < -0.39 is 24.4 Å². The number of alkyl halides is 5. The van der Waals surface area contributed by atoms with E-state index in [1.165, 1.54) is 0 Å². The first-order chi connectivity index (χ1) is 14.6. The molecule has 0 bridgehead atoms. The molecule has 12 heteroatoms. The van der Waals surface area contributed by atoms with E-state index in [1.54, 1.807) is 6.92 Å². The second-order valence-electron chi connectivity index (χ2n) is 7.83. The van der Waals surface area contributed by atoms with Gasteiger partial charge in [-0.3, -0.25) is 0 Å². The summed E-state index contributed by atoms with van der Waals surface area (Å²) >= 11 is 0. The Kier molecular flexibility index (Phi) is 5.67. The number of likely N-dealkylation sites (N-methyl/N-ethyl adjacent to an activating group) is 1. The first-order valence-electron chi connectivity index (χ1n) is 9.83. The van der Waals surface area contributed by atoms with Crippen LogP contribution in [0.3, 0.4) is 0 Å². The largest absolute Gasteiger partial charge is 0.433 e. The standard InChI is InChI=1S/C19H21F5N6O/c1-10-15(12-3-4-14(19(22,23)24)26-16(12)31-17(20)21)27-28-18(25-10)30-8-6-11-5-7-29(2)9-13(11)30/h3-4,11,13,17H,5-9H2,1-2H3/t11-,13-/m0/s1. The maximum absolute atomic E-state index is 13.0. The molecule has 0 aliphatic carbocycles. The minimum atomic E-state index is -4.80. The fourth-order valence-electron chi connectivity index (χ4n) is 4.26. The van der Waals surface area contributed by atoms with Crippen LogP contribution in [0.5, 0.6) is 5.88 Å². The minimum absolute atomic E-state index is 0.0390. The molecule has 2 aliphatic rings. The number of aromatic nitrogens is 4. The van der Waals surface area contributed by atoms with Crippen LogP contribution in [0.25, 0.3) is 11.3 Å². The lowest BCUT2D eigenvalue weighted by molar-refractivity contribution is -0.142. The normalized spacial score (nSPS) is 22.1. The zero-order valence-electron chi connectivity index (χ0n) is 16.9. The molecule has 0 spiro atoms. The maximum Gasteiger partial charge on any atom is 0.433 e. The minimum Gasteiger partial charge on any atom is -0.416 e. The van der Waals surface area contributed by atoms with Gasteiger partial charge in [-0.2, -0.15) is 22.0 Å². The summed E-state index contributed by atoms with van der Waals surface area (Å²) in [6, 6.07) is 1.94. The molecule has 7 nitrogen and oxygen atoms in total. The van der Waals surface area contributed by atoms with Gasteiger partial charge in [0.2, 0.25) is 11.8 Å². The lowest BCUT2D eigenvalue weighted by Gasteiger charge is -2.36. The molecule has 2 aliphatic heterocycles. The summed E-state index contributed by atoms with van der Waals surface area (Å²) in [4.78, 5) is 12.0. The molecule has 0 N–H and O–H groups in total. The number of pyridine rings is 1. The van der Waals surface area contributed by atoms with Crippen molar-refractivity contribution in [3.63, 3.8) is 0 Å². The third-order valence-electron chi connectivity index (χ3n) is 5.78. The van der Waals surface area contributed by atoms with Crippen molar-refractivity contribution < 1.29 is 26.7 Å². The maximum atomic E-state index is 13.0. The molecule has 168 valence electrons. The molecule has 2 atom stereocenters. The van der Waals surface area contributed by atoms with Crippen molar-refractivity contribution in [1.82, 2.24) is 25.1 Å². The predicted octanol–water partition coefficient (Wildman–Crippen LogP) is 3.39. The van der Waals surface area contributed by atoms with Crippen molar-refractivity contribution in [3.05, 3.63) is 23.5 Å². The van der Waals surface area contributed by atoms with Gasteiger partial charge < -0.3 is 14.5 Å². The van der Waals surface area contributed by atoms with E-state index in [0.29, 0.717) is 23.6 Å². The van der Waals surface area contributed by atoms with Crippen LogP contribution in [0.4, 0.5) is 27.9 Å². The zero-order valence-corrected chi connectivity index (χ0v) is 16.9. The molecule has 0 amide bonds. The van der Waals surface area contributed by atoms with Gasteiger partial charge in [-0.25, -0.2) is 9.97 Å². The average molecular weight is 444 g/mol. The number of fused-ring (bicyclic) bond motifs is 1. The van der Waals surface area contributed by atoms with E-state index in [9.17, 15) is 22.0 Å². The Balaban J connectivity index is 1.67. The van der Waals surface area contributed by atoms with Gasteiger partial charge in [0.05, 0.1) is 11.3 Å². The number of rotatable bonds is 4. The summed E-state index contributed by atoms with van der Waals surface area (Å²) < 4.78 is 68.7. The molecule has 4 rings (SSSR count). The van der Waals surface area contributed by atoms with Crippen LogP contribution in [0.1, 0.15) is 24.2 Å². The quantitative estimate of drug-likeness (QED) is 0.670. The van der Waals surface area contributed by atoms with Crippen LogP contribution in [0.15, 0.2) is 12.1 Å². The molecule has 0 saturated carbocycles. The second kappa shape index (κ2) is 8.13. The fraction of sp³-hybridized carbons (Fsp3) is 0.579. The van der Waals surface area contributed by atoms with Crippen molar-refractivity contribution in [2.24, 2.45) is 5.92 Å². The summed E-state index contributed by atoms with van der Waals surface area (Å²) in [7, 11) is 2.06. The molecule has 4 heterocycles. The molecule has 0 radical (unpaired) electrons. The number of ether oxygens (including phenoxy) is 1. The first kappa shape index (κ1) is 21.6. The van der Waals surface area contributed by atoms with E-state index >= 15 is 0 Å². The molecule has 2 saturated heterocycles. The van der Waals surface area contributed by atoms with Gasteiger partial charge in [-0.15, -0.1) is 10.2 Å². The third-order valence-corrected chi connectivity index (χ3v) is 5.78. The van der Waals surface area contributed by atoms with Crippen LogP contribution in [-0.2, 0) is 6.18 Å². The zero-order chi connectivity index (χ0) is 22.3. The highest BCUT2D eigenvalue weighted by molar-refractivity contribution is 5.67. The van der Waals surface area contributed by atoms with Crippen LogP contribution in [-0.4, -0.2) is 64.4 Å². The monoisotopic (exact) mass is 444 g/mol. The van der Waals surface area contributed by atoms with Crippen molar-refractivity contribution in [3.8, 4) is 17.1 Å². The van der Waals surface area contributed by atoms with E-state index in [2.05, 4.69) is 41.7 Å². The topological polar surface area (TPSA) is 67.3 Å². The molecule has 2 aromatic rings. The summed E-state index contributed by atoms with van der Waals surface area (Å²) in [5, 5.41) is 8.25. The summed E-state index contributed by atoms with van der Waals surface area (Å²) in [6.07, 6.45) is -2.69. The first-order valence-corrected chi connectivity index (χ1v) is 9.83. The van der Waals surface area contributed by atoms with Gasteiger partial charge in [0, 0.05) is 19.1 Å². The highest BCUT2D eigenvalue weighted by Gasteiger charge is 2.39. The molecule has 0 aromatic carbocycles. The number of aryl methyl sites for hydroxylation is 1. The molecule has 2 fully saturated rings. The predicted molar refractivity (Wildman–Crippen MR) is 101 cm³/mol. The fourth-order valence-corrected chi connectivity index (χ4v) is 4.26. The molecule has 31 heavy (non-hydrogen) atoms. The molecular weight excluding hydrogens is 423 g/mol. The highest BCUT2D eigenvalue weighted by Crippen LogP contribution is 2.37. The Morgan fingerprint density at radius 1 is 1.10 bits per heavy atom. The number of halogens is 5. The van der Waals surface area contributed by atoms with E-state index in [0.717, 1.165) is 38.5 Å². The Labute approximate surface area is 175 Å². The summed E-state index contributed by atoms with van der Waals surface area (Å²) in [6.45, 7) is 0.951. The van der Waals surface area contributed by atoms with Crippen LogP contribution >= 0.6 is 0 Å². The van der Waals surface area contributed by atoms with Crippen molar-refractivity contribution >= 4 is 5.95 Å². The van der Waals surface area contributed by atoms with E-state index in [1.807, 2.05) is 0 Å². The van der Waals surface area contributed by atoms with Crippen LogP contribution in [0, 0.1) is 12.8 Å². The van der Waals surface area contributed by atoms with Gasteiger partial charge in [-0.05, 0) is 51.4 Å². The van der Waals surface area contributed by atoms with Crippen molar-refractivity contribution in [2.45, 2.75) is 38.6 Å². The lowest BCUT2D eigenvalue weighted by Crippen LogP contribution is -2.47. The van der Waals surface area contributed by atoms with Gasteiger partial charge in [0.25, 0.3) is 0 Å².